The monoisotopic (exact) mass is 270 g/mol. The first-order valence-electron chi connectivity index (χ1n) is 4.69. The lowest BCUT2D eigenvalue weighted by Crippen LogP contribution is -1.90. The van der Waals surface area contributed by atoms with Crippen LogP contribution in [0.1, 0.15) is 0 Å². The molecule has 0 amide bonds. The molecule has 0 unspecified atom stereocenters. The average molecular weight is 271 g/mol. The number of methoxy groups -OCH3 is 1. The third-order valence-corrected chi connectivity index (χ3v) is 2.42. The highest BCUT2D eigenvalue weighted by Crippen LogP contribution is 2.29. The third kappa shape index (κ3) is 2.99. The van der Waals surface area contributed by atoms with Crippen molar-refractivity contribution in [2.75, 3.05) is 7.11 Å². The van der Waals surface area contributed by atoms with Crippen LogP contribution in [-0.2, 0) is 0 Å². The largest absolute Gasteiger partial charge is 0.497 e. The predicted octanol–water partition coefficient (Wildman–Crippen LogP) is 3.58. The molecule has 0 aliphatic heterocycles. The van der Waals surface area contributed by atoms with Gasteiger partial charge in [-0.2, -0.15) is 0 Å². The van der Waals surface area contributed by atoms with E-state index >= 15 is 0 Å². The molecule has 1 aromatic carbocycles. The van der Waals surface area contributed by atoms with Crippen LogP contribution in [0.15, 0.2) is 30.3 Å². The molecule has 0 fully saturated rings. The molecule has 88 valence electrons. The Morgan fingerprint density at radius 1 is 1.00 bits per heavy atom. The number of rotatable bonds is 3. The second kappa shape index (κ2) is 5.21. The maximum absolute atomic E-state index is 5.82. The standard InChI is InChI=1S/C11H8Cl2N2O2/c1-16-7-2-4-8(5-3-7)17-9-6-10(12)14-15-11(9)13/h2-6H,1H3. The Morgan fingerprint density at radius 3 is 2.29 bits per heavy atom. The molecule has 2 rings (SSSR count). The molecule has 1 aromatic heterocycles. The van der Waals surface area contributed by atoms with Crippen LogP contribution in [0.3, 0.4) is 0 Å². The molecule has 0 N–H and O–H groups in total. The number of nitrogens with zero attached hydrogens (tertiary/aromatic N) is 2. The van der Waals surface area contributed by atoms with Crippen LogP contribution in [0.25, 0.3) is 0 Å². The number of benzene rings is 1. The predicted molar refractivity (Wildman–Crippen MR) is 65.1 cm³/mol. The Hall–Kier alpha value is -1.52. The maximum Gasteiger partial charge on any atom is 0.194 e. The first kappa shape index (κ1) is 12.0. The van der Waals surface area contributed by atoms with Crippen molar-refractivity contribution in [1.29, 1.82) is 0 Å². The lowest BCUT2D eigenvalue weighted by molar-refractivity contribution is 0.412. The van der Waals surface area contributed by atoms with Crippen molar-refractivity contribution < 1.29 is 9.47 Å². The topological polar surface area (TPSA) is 44.2 Å². The van der Waals surface area contributed by atoms with Gasteiger partial charge in [0.05, 0.1) is 7.11 Å². The van der Waals surface area contributed by atoms with E-state index in [1.54, 1.807) is 31.4 Å². The number of aromatic nitrogens is 2. The molecule has 1 heterocycles. The summed E-state index contributed by atoms with van der Waals surface area (Å²) < 4.78 is 10.6. The van der Waals surface area contributed by atoms with E-state index < -0.39 is 0 Å². The lowest BCUT2D eigenvalue weighted by atomic mass is 10.3. The molecule has 4 nitrogen and oxygen atoms in total. The van der Waals surface area contributed by atoms with Gasteiger partial charge < -0.3 is 9.47 Å². The van der Waals surface area contributed by atoms with Crippen LogP contribution in [0.4, 0.5) is 0 Å². The summed E-state index contributed by atoms with van der Waals surface area (Å²) in [6.07, 6.45) is 0. The molecule has 0 aliphatic rings. The van der Waals surface area contributed by atoms with Crippen LogP contribution in [0.5, 0.6) is 17.2 Å². The Balaban J connectivity index is 2.22. The maximum atomic E-state index is 5.82. The minimum absolute atomic E-state index is 0.158. The van der Waals surface area contributed by atoms with Gasteiger partial charge in [-0.25, -0.2) is 0 Å². The molecular formula is C11H8Cl2N2O2. The lowest BCUT2D eigenvalue weighted by Gasteiger charge is -2.07. The molecular weight excluding hydrogens is 263 g/mol. The summed E-state index contributed by atoms with van der Waals surface area (Å²) in [6, 6.07) is 8.56. The van der Waals surface area contributed by atoms with Crippen LogP contribution in [0, 0.1) is 0 Å². The van der Waals surface area contributed by atoms with Gasteiger partial charge in [-0.1, -0.05) is 23.2 Å². The fourth-order valence-corrected chi connectivity index (χ4v) is 1.45. The van der Waals surface area contributed by atoms with E-state index in [4.69, 9.17) is 32.7 Å². The summed E-state index contributed by atoms with van der Waals surface area (Å²) in [5.41, 5.74) is 0. The normalized spacial score (nSPS) is 10.1. The molecule has 0 atom stereocenters. The van der Waals surface area contributed by atoms with Crippen molar-refractivity contribution in [1.82, 2.24) is 10.2 Å². The first-order chi connectivity index (χ1) is 8.19. The highest BCUT2D eigenvalue weighted by molar-refractivity contribution is 6.32. The van der Waals surface area contributed by atoms with Crippen LogP contribution >= 0.6 is 23.2 Å². The van der Waals surface area contributed by atoms with E-state index in [1.165, 1.54) is 6.07 Å². The van der Waals surface area contributed by atoms with Crippen LogP contribution in [0.2, 0.25) is 10.3 Å². The zero-order valence-corrected chi connectivity index (χ0v) is 10.4. The van der Waals surface area contributed by atoms with Crippen molar-refractivity contribution in [2.45, 2.75) is 0 Å². The van der Waals surface area contributed by atoms with Gasteiger partial charge in [0.1, 0.15) is 11.5 Å². The molecule has 17 heavy (non-hydrogen) atoms. The van der Waals surface area contributed by atoms with Gasteiger partial charge in [-0.3, -0.25) is 0 Å². The molecule has 0 saturated heterocycles. The zero-order valence-electron chi connectivity index (χ0n) is 8.85. The smallest absolute Gasteiger partial charge is 0.194 e. The molecule has 0 aliphatic carbocycles. The van der Waals surface area contributed by atoms with Crippen LogP contribution in [-0.4, -0.2) is 17.3 Å². The minimum Gasteiger partial charge on any atom is -0.497 e. The summed E-state index contributed by atoms with van der Waals surface area (Å²) >= 11 is 11.5. The number of hydrogen-bond donors (Lipinski definition) is 0. The van der Waals surface area contributed by atoms with Gasteiger partial charge in [-0.05, 0) is 24.3 Å². The van der Waals surface area contributed by atoms with Gasteiger partial charge in [0.25, 0.3) is 0 Å². The number of halogens is 2. The van der Waals surface area contributed by atoms with Gasteiger partial charge >= 0.3 is 0 Å². The summed E-state index contributed by atoms with van der Waals surface area (Å²) in [6.45, 7) is 0. The molecule has 2 aromatic rings. The van der Waals surface area contributed by atoms with Gasteiger partial charge in [-0.15, -0.1) is 10.2 Å². The van der Waals surface area contributed by atoms with E-state index in [9.17, 15) is 0 Å². The van der Waals surface area contributed by atoms with Crippen molar-refractivity contribution >= 4 is 23.2 Å². The van der Waals surface area contributed by atoms with E-state index in [0.29, 0.717) is 11.5 Å². The SMILES string of the molecule is COc1ccc(Oc2cc(Cl)nnc2Cl)cc1. The van der Waals surface area contributed by atoms with Crippen molar-refractivity contribution in [3.63, 3.8) is 0 Å². The van der Waals surface area contributed by atoms with E-state index in [-0.39, 0.29) is 10.3 Å². The quantitative estimate of drug-likeness (QED) is 0.855. The highest BCUT2D eigenvalue weighted by atomic mass is 35.5. The Bertz CT molecular complexity index is 517. The summed E-state index contributed by atoms with van der Waals surface area (Å²) in [5.74, 6) is 1.71. The summed E-state index contributed by atoms with van der Waals surface area (Å²) in [4.78, 5) is 0. The Labute approximate surface area is 108 Å². The van der Waals surface area contributed by atoms with E-state index in [1.807, 2.05) is 0 Å². The second-order valence-corrected chi connectivity index (χ2v) is 3.84. The number of ether oxygens (including phenoxy) is 2. The van der Waals surface area contributed by atoms with Crippen molar-refractivity contribution in [3.8, 4) is 17.2 Å². The Kier molecular flexibility index (Phi) is 3.66. The second-order valence-electron chi connectivity index (χ2n) is 3.10. The fourth-order valence-electron chi connectivity index (χ4n) is 1.18. The number of hydrogen-bond acceptors (Lipinski definition) is 4. The molecule has 0 radical (unpaired) electrons. The summed E-state index contributed by atoms with van der Waals surface area (Å²) in [7, 11) is 1.60. The fraction of sp³-hybridized carbons (Fsp3) is 0.0909. The molecule has 6 heteroatoms. The van der Waals surface area contributed by atoms with E-state index in [2.05, 4.69) is 10.2 Å². The van der Waals surface area contributed by atoms with Crippen molar-refractivity contribution in [2.24, 2.45) is 0 Å². The van der Waals surface area contributed by atoms with Gasteiger partial charge in [0, 0.05) is 6.07 Å². The van der Waals surface area contributed by atoms with E-state index in [0.717, 1.165) is 5.75 Å². The van der Waals surface area contributed by atoms with Crippen molar-refractivity contribution in [3.05, 3.63) is 40.6 Å². The van der Waals surface area contributed by atoms with Gasteiger partial charge in [0.15, 0.2) is 16.1 Å². The third-order valence-electron chi connectivity index (χ3n) is 1.97. The first-order valence-corrected chi connectivity index (χ1v) is 5.45. The molecule has 0 spiro atoms. The summed E-state index contributed by atoms with van der Waals surface area (Å²) in [5, 5.41) is 7.61. The minimum atomic E-state index is 0.158. The van der Waals surface area contributed by atoms with Gasteiger partial charge in [0.2, 0.25) is 0 Å². The average Bonchev–Trinajstić information content (AvgIpc) is 2.35. The molecule has 0 bridgehead atoms. The van der Waals surface area contributed by atoms with Crippen LogP contribution < -0.4 is 9.47 Å². The zero-order chi connectivity index (χ0) is 12.3. The Morgan fingerprint density at radius 2 is 1.65 bits per heavy atom. The molecule has 0 saturated carbocycles. The highest BCUT2D eigenvalue weighted by Gasteiger charge is 2.06.